The summed E-state index contributed by atoms with van der Waals surface area (Å²) in [6.45, 7) is 4.04. The Hall–Kier alpha value is -3.88. The Bertz CT molecular complexity index is 1170. The topological polar surface area (TPSA) is 101 Å². The molecule has 0 aliphatic carbocycles. The van der Waals surface area contributed by atoms with Gasteiger partial charge in [-0.15, -0.1) is 0 Å². The largest absolute Gasteiger partial charge is 0.337 e. The van der Waals surface area contributed by atoms with E-state index in [9.17, 15) is 4.39 Å². The van der Waals surface area contributed by atoms with Gasteiger partial charge in [0.25, 0.3) is 0 Å². The van der Waals surface area contributed by atoms with Gasteiger partial charge < -0.3 is 5.32 Å². The van der Waals surface area contributed by atoms with Crippen LogP contribution in [-0.2, 0) is 0 Å². The Labute approximate surface area is 159 Å². The molecule has 140 valence electrons. The molecule has 0 unspecified atom stereocenters. The molecule has 9 heteroatoms. The number of hydrogen-bond donors (Lipinski definition) is 2. The van der Waals surface area contributed by atoms with Crippen LogP contribution in [0.5, 0.6) is 0 Å². The van der Waals surface area contributed by atoms with Gasteiger partial charge in [-0.3, -0.25) is 5.43 Å². The van der Waals surface area contributed by atoms with Crippen LogP contribution < -0.4 is 10.7 Å². The average Bonchev–Trinajstić information content (AvgIpc) is 3.13. The third-order valence-electron chi connectivity index (χ3n) is 4.20. The second-order valence-corrected chi connectivity index (χ2v) is 6.13. The number of hydrogen-bond acceptors (Lipinski definition) is 8. The van der Waals surface area contributed by atoms with Crippen molar-refractivity contribution in [2.24, 2.45) is 5.10 Å². The van der Waals surface area contributed by atoms with Crippen LogP contribution in [0.25, 0.3) is 11.3 Å². The summed E-state index contributed by atoms with van der Waals surface area (Å²) in [7, 11) is 0. The maximum absolute atomic E-state index is 13.3. The number of halogens is 1. The number of hydrazone groups is 1. The molecule has 0 atom stereocenters. The molecular formula is C19H16FN7O. The number of nitrogens with one attached hydrogen (secondary N) is 2. The van der Waals surface area contributed by atoms with Gasteiger partial charge in [0.05, 0.1) is 6.21 Å². The zero-order valence-corrected chi connectivity index (χ0v) is 15.1. The van der Waals surface area contributed by atoms with Crippen LogP contribution in [0, 0.1) is 19.7 Å². The van der Waals surface area contributed by atoms with E-state index in [1.807, 2.05) is 32.0 Å². The quantitative estimate of drug-likeness (QED) is 0.401. The number of nitrogens with zero attached hydrogens (tertiary/aromatic N) is 5. The van der Waals surface area contributed by atoms with Crippen molar-refractivity contribution in [3.8, 4) is 0 Å². The van der Waals surface area contributed by atoms with Gasteiger partial charge in [0.1, 0.15) is 5.82 Å². The van der Waals surface area contributed by atoms with Crippen LogP contribution in [0.1, 0.15) is 16.7 Å². The summed E-state index contributed by atoms with van der Waals surface area (Å²) in [5.74, 6) is 0.404. The van der Waals surface area contributed by atoms with Gasteiger partial charge in [-0.25, -0.2) is 14.0 Å². The predicted molar refractivity (Wildman–Crippen MR) is 104 cm³/mol. The first-order chi connectivity index (χ1) is 13.6. The lowest BCUT2D eigenvalue weighted by atomic mass is 10.1. The Kier molecular flexibility index (Phi) is 4.63. The maximum Gasteiger partial charge on any atom is 0.245 e. The van der Waals surface area contributed by atoms with E-state index in [0.29, 0.717) is 17.2 Å². The standard InChI is InChI=1S/C19H16FN7O/c1-11-5-3-8-15(12(11)2)22-16-17(24-19-18(23-16)26-28-27-19)25-21-10-13-6-4-7-14(20)9-13/h3-10H,1-2H3,(H,22,23,26)(H,24,25,27)/b21-10-. The highest BCUT2D eigenvalue weighted by molar-refractivity contribution is 5.81. The molecule has 0 radical (unpaired) electrons. The molecule has 0 amide bonds. The molecule has 28 heavy (non-hydrogen) atoms. The number of fused-ring (bicyclic) bond motifs is 1. The van der Waals surface area contributed by atoms with Crippen molar-refractivity contribution in [3.05, 3.63) is 65.0 Å². The summed E-state index contributed by atoms with van der Waals surface area (Å²) < 4.78 is 18.0. The smallest absolute Gasteiger partial charge is 0.245 e. The summed E-state index contributed by atoms with van der Waals surface area (Å²) >= 11 is 0. The highest BCUT2D eigenvalue weighted by Crippen LogP contribution is 2.26. The molecular weight excluding hydrogens is 361 g/mol. The van der Waals surface area contributed by atoms with Gasteiger partial charge in [0.2, 0.25) is 11.3 Å². The van der Waals surface area contributed by atoms with E-state index < -0.39 is 0 Å². The fourth-order valence-corrected chi connectivity index (χ4v) is 2.57. The number of benzene rings is 2. The molecule has 0 spiro atoms. The van der Waals surface area contributed by atoms with Crippen molar-refractivity contribution in [3.63, 3.8) is 0 Å². The van der Waals surface area contributed by atoms with Crippen LogP contribution >= 0.6 is 0 Å². The third-order valence-corrected chi connectivity index (χ3v) is 4.20. The molecule has 2 aromatic heterocycles. The van der Waals surface area contributed by atoms with Crippen molar-refractivity contribution < 1.29 is 9.02 Å². The minimum Gasteiger partial charge on any atom is -0.337 e. The first-order valence-corrected chi connectivity index (χ1v) is 8.48. The molecule has 2 aromatic carbocycles. The van der Waals surface area contributed by atoms with E-state index >= 15 is 0 Å². The van der Waals surface area contributed by atoms with Crippen LogP contribution in [0.3, 0.4) is 0 Å². The van der Waals surface area contributed by atoms with Crippen molar-refractivity contribution in [2.45, 2.75) is 13.8 Å². The van der Waals surface area contributed by atoms with Crippen LogP contribution in [0.4, 0.5) is 21.7 Å². The van der Waals surface area contributed by atoms with Gasteiger partial charge in [-0.1, -0.05) is 24.3 Å². The molecule has 8 nitrogen and oxygen atoms in total. The Morgan fingerprint density at radius 2 is 1.75 bits per heavy atom. The molecule has 2 heterocycles. The lowest BCUT2D eigenvalue weighted by molar-refractivity contribution is 0.314. The number of aromatic nitrogens is 4. The van der Waals surface area contributed by atoms with E-state index in [1.54, 1.807) is 12.1 Å². The summed E-state index contributed by atoms with van der Waals surface area (Å²) in [5.41, 5.74) is 7.04. The van der Waals surface area contributed by atoms with E-state index in [0.717, 1.165) is 16.8 Å². The van der Waals surface area contributed by atoms with Gasteiger partial charge in [-0.05, 0) is 59.1 Å². The molecule has 4 rings (SSSR count). The predicted octanol–water partition coefficient (Wildman–Crippen LogP) is 3.96. The van der Waals surface area contributed by atoms with Crippen molar-refractivity contribution in [1.29, 1.82) is 0 Å². The first kappa shape index (κ1) is 17.5. The first-order valence-electron chi connectivity index (χ1n) is 8.48. The number of rotatable bonds is 5. The summed E-state index contributed by atoms with van der Waals surface area (Å²) in [6.07, 6.45) is 1.48. The highest BCUT2D eigenvalue weighted by Gasteiger charge is 2.13. The molecule has 0 bridgehead atoms. The Morgan fingerprint density at radius 1 is 1.00 bits per heavy atom. The summed E-state index contributed by atoms with van der Waals surface area (Å²) in [6, 6.07) is 12.0. The fraction of sp³-hybridized carbons (Fsp3) is 0.105. The van der Waals surface area contributed by atoms with Crippen molar-refractivity contribution in [2.75, 3.05) is 10.7 Å². The molecule has 4 aromatic rings. The second kappa shape index (κ2) is 7.39. The van der Waals surface area contributed by atoms with Crippen molar-refractivity contribution in [1.82, 2.24) is 20.3 Å². The van der Waals surface area contributed by atoms with Crippen molar-refractivity contribution >= 4 is 34.8 Å². The molecule has 0 saturated carbocycles. The minimum absolute atomic E-state index is 0.245. The highest BCUT2D eigenvalue weighted by atomic mass is 19.1. The second-order valence-electron chi connectivity index (χ2n) is 6.13. The normalized spacial score (nSPS) is 11.2. The fourth-order valence-electron chi connectivity index (χ4n) is 2.57. The average molecular weight is 377 g/mol. The lowest BCUT2D eigenvalue weighted by Crippen LogP contribution is -2.04. The molecule has 0 aliphatic heterocycles. The molecule has 2 N–H and O–H groups in total. The molecule has 0 aliphatic rings. The van der Waals surface area contributed by atoms with Crippen LogP contribution in [-0.4, -0.2) is 26.5 Å². The van der Waals surface area contributed by atoms with Gasteiger partial charge in [-0.2, -0.15) is 10.1 Å². The molecule has 0 fully saturated rings. The summed E-state index contributed by atoms with van der Waals surface area (Å²) in [5, 5.41) is 14.8. The van der Waals surface area contributed by atoms with Gasteiger partial charge in [0, 0.05) is 5.69 Å². The zero-order chi connectivity index (χ0) is 19.5. The Morgan fingerprint density at radius 3 is 2.54 bits per heavy atom. The van der Waals surface area contributed by atoms with Gasteiger partial charge >= 0.3 is 0 Å². The number of anilines is 3. The number of aryl methyl sites for hydroxylation is 1. The van der Waals surface area contributed by atoms with Crippen LogP contribution in [0.2, 0.25) is 0 Å². The van der Waals surface area contributed by atoms with Gasteiger partial charge in [0.15, 0.2) is 11.6 Å². The van der Waals surface area contributed by atoms with E-state index in [1.165, 1.54) is 18.3 Å². The minimum atomic E-state index is -0.337. The maximum atomic E-state index is 13.3. The Balaban J connectivity index is 1.66. The third kappa shape index (κ3) is 3.63. The lowest BCUT2D eigenvalue weighted by Gasteiger charge is -2.12. The van der Waals surface area contributed by atoms with E-state index in [4.69, 9.17) is 4.63 Å². The summed E-state index contributed by atoms with van der Waals surface area (Å²) in [4.78, 5) is 8.74. The zero-order valence-electron chi connectivity index (χ0n) is 15.1. The monoisotopic (exact) mass is 377 g/mol. The van der Waals surface area contributed by atoms with Crippen LogP contribution in [0.15, 0.2) is 52.2 Å². The van der Waals surface area contributed by atoms with E-state index in [-0.39, 0.29) is 17.1 Å². The SMILES string of the molecule is Cc1cccc(Nc2nc3nonc3nc2N/N=C\c2cccc(F)c2)c1C. The molecule has 0 saturated heterocycles. The van der Waals surface area contributed by atoms with E-state index in [2.05, 4.69) is 36.1 Å².